The van der Waals surface area contributed by atoms with Crippen LogP contribution >= 0.6 is 0 Å². The first-order chi connectivity index (χ1) is 9.95. The van der Waals surface area contributed by atoms with Gasteiger partial charge in [0, 0.05) is 0 Å². The molecule has 0 heterocycles. The zero-order valence-electron chi connectivity index (χ0n) is 13.5. The summed E-state index contributed by atoms with van der Waals surface area (Å²) in [6, 6.07) is 17.1. The van der Waals surface area contributed by atoms with E-state index in [1.807, 2.05) is 0 Å². The van der Waals surface area contributed by atoms with Gasteiger partial charge in [-0.1, -0.05) is 49.3 Å². The third kappa shape index (κ3) is 3.81. The smallest absolute Gasteiger partial charge is 0.351 e. The van der Waals surface area contributed by atoms with Crippen molar-refractivity contribution in [1.29, 1.82) is 0 Å². The summed E-state index contributed by atoms with van der Waals surface area (Å²) in [5, 5.41) is 0. The van der Waals surface area contributed by atoms with Gasteiger partial charge in [0.2, 0.25) is 0 Å². The maximum Gasteiger partial charge on any atom is 0.351 e. The van der Waals surface area contributed by atoms with Gasteiger partial charge < -0.3 is 9.47 Å². The van der Waals surface area contributed by atoms with Crippen LogP contribution in [0.1, 0.15) is 20.8 Å². The normalized spacial score (nSPS) is 11.1. The van der Waals surface area contributed by atoms with E-state index in [1.54, 1.807) is 14.2 Å². The number of hydrogen-bond acceptors (Lipinski definition) is 2. The van der Waals surface area contributed by atoms with Crippen LogP contribution in [-0.4, -0.2) is 28.4 Å². The second-order valence-electron chi connectivity index (χ2n) is 6.35. The molecular formula is C18H23AlO2. The Bertz CT molecular complexity index is 520. The van der Waals surface area contributed by atoms with Crippen molar-refractivity contribution in [2.24, 2.45) is 0 Å². The molecule has 0 aliphatic heterocycles. The fourth-order valence-electron chi connectivity index (χ4n) is 2.79. The highest BCUT2D eigenvalue weighted by Crippen LogP contribution is 2.27. The van der Waals surface area contributed by atoms with Crippen molar-refractivity contribution in [3.05, 3.63) is 48.5 Å². The van der Waals surface area contributed by atoms with Crippen molar-refractivity contribution < 1.29 is 9.47 Å². The van der Waals surface area contributed by atoms with Crippen LogP contribution < -0.4 is 18.3 Å². The van der Waals surface area contributed by atoms with E-state index >= 15 is 0 Å². The Kier molecular flexibility index (Phi) is 4.98. The summed E-state index contributed by atoms with van der Waals surface area (Å²) < 4.78 is 13.7. The van der Waals surface area contributed by atoms with Gasteiger partial charge in [0.15, 0.2) is 0 Å². The number of hydrogen-bond donors (Lipinski definition) is 0. The first-order valence-corrected chi connectivity index (χ1v) is 8.97. The third-order valence-corrected chi connectivity index (χ3v) is 7.60. The van der Waals surface area contributed by atoms with Gasteiger partial charge in [0.25, 0.3) is 0 Å². The number of methoxy groups -OCH3 is 2. The molecule has 2 rings (SSSR count). The molecule has 0 saturated carbocycles. The van der Waals surface area contributed by atoms with E-state index in [4.69, 9.17) is 9.47 Å². The predicted molar refractivity (Wildman–Crippen MR) is 90.7 cm³/mol. The molecule has 0 unspecified atom stereocenters. The maximum atomic E-state index is 5.27. The average Bonchev–Trinajstić information content (AvgIpc) is 2.47. The fourth-order valence-corrected chi connectivity index (χ4v) is 6.32. The monoisotopic (exact) mass is 298 g/mol. The highest BCUT2D eigenvalue weighted by Gasteiger charge is 2.35. The van der Waals surface area contributed by atoms with Crippen LogP contribution in [0.3, 0.4) is 0 Å². The first-order valence-electron chi connectivity index (χ1n) is 7.23. The summed E-state index contributed by atoms with van der Waals surface area (Å²) in [5.74, 6) is 1.82. The van der Waals surface area contributed by atoms with Gasteiger partial charge in [-0.05, 0) is 24.3 Å². The predicted octanol–water partition coefficient (Wildman–Crippen LogP) is 3.11. The summed E-state index contributed by atoms with van der Waals surface area (Å²) >= 11 is -1.31. The minimum atomic E-state index is -1.31. The van der Waals surface area contributed by atoms with E-state index in [0.717, 1.165) is 11.5 Å². The van der Waals surface area contributed by atoms with Crippen LogP contribution in [0, 0.1) is 0 Å². The average molecular weight is 298 g/mol. The molecule has 3 heteroatoms. The summed E-state index contributed by atoms with van der Waals surface area (Å²) in [5.41, 5.74) is 0. The number of rotatable bonds is 4. The molecule has 21 heavy (non-hydrogen) atoms. The molecule has 0 atom stereocenters. The molecular weight excluding hydrogens is 275 g/mol. The Hall–Kier alpha value is -1.43. The molecule has 0 fully saturated rings. The Labute approximate surface area is 132 Å². The molecule has 0 bridgehead atoms. The number of ether oxygens (including phenoxy) is 2. The summed E-state index contributed by atoms with van der Waals surface area (Å²) in [4.78, 5) is 0. The largest absolute Gasteiger partial charge is 0.497 e. The Morgan fingerprint density at radius 1 is 0.667 bits per heavy atom. The first kappa shape index (κ1) is 16.0. The Morgan fingerprint density at radius 2 is 1.00 bits per heavy atom. The van der Waals surface area contributed by atoms with Gasteiger partial charge in [-0.2, -0.15) is 0 Å². The Balaban J connectivity index is 2.41. The molecule has 2 aromatic carbocycles. The molecule has 0 saturated heterocycles. The van der Waals surface area contributed by atoms with E-state index in [1.165, 1.54) is 8.85 Å². The van der Waals surface area contributed by atoms with Crippen LogP contribution in [0.5, 0.6) is 11.5 Å². The van der Waals surface area contributed by atoms with Gasteiger partial charge in [0.05, 0.1) is 14.2 Å². The Morgan fingerprint density at radius 3 is 1.24 bits per heavy atom. The molecule has 2 aromatic rings. The summed E-state index contributed by atoms with van der Waals surface area (Å²) in [6.45, 7) is 7.00. The molecule has 0 spiro atoms. The maximum absolute atomic E-state index is 5.27. The van der Waals surface area contributed by atoms with E-state index in [2.05, 4.69) is 69.3 Å². The highest BCUT2D eigenvalue weighted by molar-refractivity contribution is 6.87. The molecule has 0 amide bonds. The van der Waals surface area contributed by atoms with Crippen LogP contribution in [0.25, 0.3) is 0 Å². The van der Waals surface area contributed by atoms with Gasteiger partial charge in [-0.15, -0.1) is 8.85 Å². The second kappa shape index (κ2) is 6.56. The zero-order chi connectivity index (χ0) is 15.5. The topological polar surface area (TPSA) is 18.5 Å². The van der Waals surface area contributed by atoms with Gasteiger partial charge in [-0.25, -0.2) is 0 Å². The fraction of sp³-hybridized carbons (Fsp3) is 0.333. The van der Waals surface area contributed by atoms with Crippen LogP contribution in [0.4, 0.5) is 0 Å². The van der Waals surface area contributed by atoms with Crippen LogP contribution in [0.2, 0.25) is 4.28 Å². The minimum absolute atomic E-state index is 0.267. The quantitative estimate of drug-likeness (QED) is 0.808. The van der Waals surface area contributed by atoms with Crippen molar-refractivity contribution in [2.45, 2.75) is 25.0 Å². The van der Waals surface area contributed by atoms with E-state index in [9.17, 15) is 0 Å². The number of benzene rings is 2. The van der Waals surface area contributed by atoms with Crippen molar-refractivity contribution in [3.63, 3.8) is 0 Å². The minimum Gasteiger partial charge on any atom is -0.497 e. The lowest BCUT2D eigenvalue weighted by Crippen LogP contribution is -2.48. The lowest BCUT2D eigenvalue weighted by molar-refractivity contribution is 0.415. The molecule has 0 aromatic heterocycles. The van der Waals surface area contributed by atoms with Gasteiger partial charge in [-0.3, -0.25) is 0 Å². The third-order valence-electron chi connectivity index (χ3n) is 3.76. The SMILES string of the molecule is COc1cc[c]([Al]([c]2ccc(OC)cc2)[C](C)(C)C)cc1. The summed E-state index contributed by atoms with van der Waals surface area (Å²) in [6.07, 6.45) is 0. The zero-order valence-corrected chi connectivity index (χ0v) is 14.7. The van der Waals surface area contributed by atoms with Gasteiger partial charge >= 0.3 is 14.1 Å². The lowest BCUT2D eigenvalue weighted by atomic mass is 10.2. The van der Waals surface area contributed by atoms with E-state index < -0.39 is 14.1 Å². The van der Waals surface area contributed by atoms with Crippen LogP contribution in [-0.2, 0) is 0 Å². The lowest BCUT2D eigenvalue weighted by Gasteiger charge is -2.27. The second-order valence-corrected chi connectivity index (χ2v) is 10.3. The molecule has 0 radical (unpaired) electrons. The highest BCUT2D eigenvalue weighted by atomic mass is 27.2. The van der Waals surface area contributed by atoms with Crippen LogP contribution in [0.15, 0.2) is 48.5 Å². The van der Waals surface area contributed by atoms with Gasteiger partial charge in [0.1, 0.15) is 11.5 Å². The van der Waals surface area contributed by atoms with E-state index in [-0.39, 0.29) is 4.28 Å². The standard InChI is InChI=1S/2C7H7O.C4H9.Al/c2*1-8-7-5-3-2-4-6-7;1-4(2)3;/h2*3-6H,1H3;1-3H3;. The summed E-state index contributed by atoms with van der Waals surface area (Å²) in [7, 11) is 3.41. The van der Waals surface area contributed by atoms with Crippen molar-refractivity contribution >= 4 is 23.0 Å². The van der Waals surface area contributed by atoms with Crippen molar-refractivity contribution in [2.75, 3.05) is 14.2 Å². The van der Waals surface area contributed by atoms with Crippen molar-refractivity contribution in [1.82, 2.24) is 0 Å². The van der Waals surface area contributed by atoms with E-state index in [0.29, 0.717) is 0 Å². The molecule has 0 aliphatic carbocycles. The molecule has 110 valence electrons. The van der Waals surface area contributed by atoms with Crippen molar-refractivity contribution in [3.8, 4) is 11.5 Å². The molecule has 0 N–H and O–H groups in total. The molecule has 2 nitrogen and oxygen atoms in total. The molecule has 0 aliphatic rings.